The highest BCUT2D eigenvalue weighted by molar-refractivity contribution is 6.03. The lowest BCUT2D eigenvalue weighted by molar-refractivity contribution is -0.143. The summed E-state index contributed by atoms with van der Waals surface area (Å²) in [5.74, 6) is -1.10. The highest BCUT2D eigenvalue weighted by atomic mass is 16.5. The molecule has 2 aromatic rings. The number of esters is 2. The summed E-state index contributed by atoms with van der Waals surface area (Å²) in [7, 11) is 1.25. The summed E-state index contributed by atoms with van der Waals surface area (Å²) in [6.07, 6.45) is 0. The van der Waals surface area contributed by atoms with E-state index in [2.05, 4.69) is 4.74 Å². The smallest absolute Gasteiger partial charge is 0.338 e. The number of benzene rings is 1. The van der Waals surface area contributed by atoms with Crippen LogP contribution >= 0.6 is 0 Å². The maximum Gasteiger partial charge on any atom is 0.338 e. The Hall–Kier alpha value is -2.63. The Kier molecular flexibility index (Phi) is 4.37. The van der Waals surface area contributed by atoms with Gasteiger partial charge in [-0.25, -0.2) is 4.79 Å². The van der Waals surface area contributed by atoms with Crippen LogP contribution in [0.1, 0.15) is 17.3 Å². The van der Waals surface area contributed by atoms with E-state index in [1.165, 1.54) is 17.7 Å². The number of nitrogens with zero attached hydrogens (tertiary/aromatic N) is 1. The van der Waals surface area contributed by atoms with Crippen LogP contribution in [0.5, 0.6) is 0 Å². The Labute approximate surface area is 120 Å². The predicted octanol–water partition coefficient (Wildman–Crippen LogP) is 1.35. The number of aromatic nitrogens is 1. The molecule has 0 atom stereocenters. The Bertz CT molecular complexity index is 747. The molecule has 0 saturated heterocycles. The first-order valence-electron chi connectivity index (χ1n) is 6.45. The molecule has 0 N–H and O–H groups in total. The molecule has 110 valence electrons. The van der Waals surface area contributed by atoms with Crippen molar-refractivity contribution in [2.45, 2.75) is 13.5 Å². The number of carbonyl (C=O) groups is 2. The summed E-state index contributed by atoms with van der Waals surface area (Å²) < 4.78 is 10.8. The van der Waals surface area contributed by atoms with E-state index in [0.717, 1.165) is 0 Å². The first kappa shape index (κ1) is 14.8. The highest BCUT2D eigenvalue weighted by Gasteiger charge is 2.16. The normalized spacial score (nSPS) is 10.4. The topological polar surface area (TPSA) is 74.6 Å². The minimum absolute atomic E-state index is 0.179. The molecule has 0 saturated carbocycles. The Balaban J connectivity index is 2.63. The van der Waals surface area contributed by atoms with Gasteiger partial charge >= 0.3 is 11.9 Å². The zero-order valence-corrected chi connectivity index (χ0v) is 11.8. The fourth-order valence-electron chi connectivity index (χ4n) is 2.11. The third-order valence-corrected chi connectivity index (χ3v) is 3.02. The van der Waals surface area contributed by atoms with E-state index in [-0.39, 0.29) is 18.7 Å². The minimum Gasteiger partial charge on any atom is -0.465 e. The third kappa shape index (κ3) is 2.94. The summed E-state index contributed by atoms with van der Waals surface area (Å²) in [5, 5.41) is 0.549. The first-order chi connectivity index (χ1) is 10.1. The highest BCUT2D eigenvalue weighted by Crippen LogP contribution is 2.17. The van der Waals surface area contributed by atoms with Gasteiger partial charge in [-0.05, 0) is 13.0 Å². The van der Waals surface area contributed by atoms with Crippen LogP contribution in [0, 0.1) is 0 Å². The molecule has 0 unspecified atom stereocenters. The molecular formula is C15H15NO5. The monoisotopic (exact) mass is 289 g/mol. The standard InChI is InChI=1S/C15H15NO5/c1-3-21-14(18)9-16-12-7-5-4-6-10(12)11(8-13(16)17)15(19)20-2/h4-8H,3,9H2,1-2H3. The van der Waals surface area contributed by atoms with Crippen molar-refractivity contribution in [3.8, 4) is 0 Å². The van der Waals surface area contributed by atoms with E-state index < -0.39 is 17.5 Å². The third-order valence-electron chi connectivity index (χ3n) is 3.02. The molecule has 1 aromatic heterocycles. The second-order valence-electron chi connectivity index (χ2n) is 4.30. The van der Waals surface area contributed by atoms with Crippen LogP contribution in [0.25, 0.3) is 10.9 Å². The number of para-hydroxylation sites is 1. The molecule has 21 heavy (non-hydrogen) atoms. The summed E-state index contributed by atoms with van der Waals surface area (Å²) in [4.78, 5) is 35.5. The second-order valence-corrected chi connectivity index (χ2v) is 4.30. The molecule has 0 bridgehead atoms. The predicted molar refractivity (Wildman–Crippen MR) is 76.2 cm³/mol. The molecule has 6 heteroatoms. The summed E-state index contributed by atoms with van der Waals surface area (Å²) in [6, 6.07) is 8.01. The Morgan fingerprint density at radius 1 is 1.24 bits per heavy atom. The molecule has 2 rings (SSSR count). The molecule has 0 aliphatic heterocycles. The number of pyridine rings is 1. The Morgan fingerprint density at radius 2 is 1.95 bits per heavy atom. The van der Waals surface area contributed by atoms with Crippen molar-refractivity contribution >= 4 is 22.8 Å². The molecular weight excluding hydrogens is 274 g/mol. The van der Waals surface area contributed by atoms with Gasteiger partial charge in [0.25, 0.3) is 5.56 Å². The second kappa shape index (κ2) is 6.21. The van der Waals surface area contributed by atoms with E-state index in [1.807, 2.05) is 0 Å². The average molecular weight is 289 g/mol. The van der Waals surface area contributed by atoms with E-state index in [0.29, 0.717) is 10.9 Å². The fraction of sp³-hybridized carbons (Fsp3) is 0.267. The lowest BCUT2D eigenvalue weighted by Gasteiger charge is -2.12. The van der Waals surface area contributed by atoms with Gasteiger partial charge in [-0.3, -0.25) is 14.2 Å². The first-order valence-corrected chi connectivity index (χ1v) is 6.45. The Morgan fingerprint density at radius 3 is 2.62 bits per heavy atom. The lowest BCUT2D eigenvalue weighted by atomic mass is 10.1. The molecule has 6 nitrogen and oxygen atoms in total. The summed E-state index contributed by atoms with van der Waals surface area (Å²) in [5.41, 5.74) is 0.207. The van der Waals surface area contributed by atoms with Crippen molar-refractivity contribution < 1.29 is 19.1 Å². The van der Waals surface area contributed by atoms with Crippen molar-refractivity contribution in [1.82, 2.24) is 4.57 Å². The SMILES string of the molecule is CCOC(=O)Cn1c(=O)cc(C(=O)OC)c2ccccc21. The van der Waals surface area contributed by atoms with Gasteiger partial charge in [0.1, 0.15) is 6.54 Å². The number of hydrogen-bond acceptors (Lipinski definition) is 5. The molecule has 0 aliphatic rings. The van der Waals surface area contributed by atoms with Gasteiger partial charge in [-0.1, -0.05) is 18.2 Å². The van der Waals surface area contributed by atoms with Gasteiger partial charge in [0.15, 0.2) is 0 Å². The van der Waals surface area contributed by atoms with Crippen LogP contribution in [-0.2, 0) is 20.8 Å². The number of ether oxygens (including phenoxy) is 2. The van der Waals surface area contributed by atoms with E-state index in [4.69, 9.17) is 4.74 Å². The molecule has 0 spiro atoms. The number of carbonyl (C=O) groups excluding carboxylic acids is 2. The van der Waals surface area contributed by atoms with Gasteiger partial charge in [-0.15, -0.1) is 0 Å². The molecule has 1 aromatic carbocycles. The maximum atomic E-state index is 12.2. The van der Waals surface area contributed by atoms with Gasteiger partial charge in [0.05, 0.1) is 24.8 Å². The number of hydrogen-bond donors (Lipinski definition) is 0. The molecule has 1 heterocycles. The number of fused-ring (bicyclic) bond motifs is 1. The van der Waals surface area contributed by atoms with Gasteiger partial charge in [-0.2, -0.15) is 0 Å². The van der Waals surface area contributed by atoms with Crippen molar-refractivity contribution in [2.75, 3.05) is 13.7 Å². The fourth-order valence-corrected chi connectivity index (χ4v) is 2.11. The van der Waals surface area contributed by atoms with Crippen LogP contribution in [0.3, 0.4) is 0 Å². The van der Waals surface area contributed by atoms with E-state index >= 15 is 0 Å². The quantitative estimate of drug-likeness (QED) is 0.794. The molecule has 0 amide bonds. The van der Waals surface area contributed by atoms with Crippen LogP contribution in [-0.4, -0.2) is 30.2 Å². The zero-order valence-electron chi connectivity index (χ0n) is 11.8. The zero-order chi connectivity index (χ0) is 15.4. The molecule has 0 aliphatic carbocycles. The average Bonchev–Trinajstić information content (AvgIpc) is 2.49. The van der Waals surface area contributed by atoms with Crippen molar-refractivity contribution in [2.24, 2.45) is 0 Å². The molecule has 0 fully saturated rings. The summed E-state index contributed by atoms with van der Waals surface area (Å²) in [6.45, 7) is 1.74. The van der Waals surface area contributed by atoms with Crippen molar-refractivity contribution in [3.63, 3.8) is 0 Å². The maximum absolute atomic E-state index is 12.2. The van der Waals surface area contributed by atoms with Gasteiger partial charge in [0.2, 0.25) is 0 Å². The van der Waals surface area contributed by atoms with Gasteiger partial charge < -0.3 is 9.47 Å². The van der Waals surface area contributed by atoms with E-state index in [1.54, 1.807) is 31.2 Å². The largest absolute Gasteiger partial charge is 0.465 e. The van der Waals surface area contributed by atoms with Crippen LogP contribution < -0.4 is 5.56 Å². The van der Waals surface area contributed by atoms with Crippen LogP contribution in [0.15, 0.2) is 35.1 Å². The van der Waals surface area contributed by atoms with Crippen LogP contribution in [0.2, 0.25) is 0 Å². The number of rotatable bonds is 4. The molecule has 0 radical (unpaired) electrons. The van der Waals surface area contributed by atoms with Crippen molar-refractivity contribution in [1.29, 1.82) is 0 Å². The number of methoxy groups -OCH3 is 1. The van der Waals surface area contributed by atoms with Crippen LogP contribution in [0.4, 0.5) is 0 Å². The minimum atomic E-state index is -0.591. The van der Waals surface area contributed by atoms with E-state index in [9.17, 15) is 14.4 Å². The van der Waals surface area contributed by atoms with Gasteiger partial charge in [0, 0.05) is 11.5 Å². The summed E-state index contributed by atoms with van der Waals surface area (Å²) >= 11 is 0. The lowest BCUT2D eigenvalue weighted by Crippen LogP contribution is -2.26. The van der Waals surface area contributed by atoms with Crippen molar-refractivity contribution in [3.05, 3.63) is 46.2 Å².